The summed E-state index contributed by atoms with van der Waals surface area (Å²) in [4.78, 5) is 26.8. The van der Waals surface area contributed by atoms with E-state index in [9.17, 15) is 9.59 Å². The van der Waals surface area contributed by atoms with Gasteiger partial charge in [0.25, 0.3) is 0 Å². The van der Waals surface area contributed by atoms with Gasteiger partial charge in [0, 0.05) is 11.1 Å². The SMILES string of the molecule is Cc1cnc(CNC(=O)C(N)CC(=O)O)s1. The first-order chi connectivity index (χ1) is 7.49. The number of nitrogens with zero attached hydrogens (tertiary/aromatic N) is 1. The number of hydrogen-bond acceptors (Lipinski definition) is 5. The van der Waals surface area contributed by atoms with E-state index in [2.05, 4.69) is 10.3 Å². The van der Waals surface area contributed by atoms with Crippen molar-refractivity contribution in [2.24, 2.45) is 5.73 Å². The number of aromatic nitrogens is 1. The highest BCUT2D eigenvalue weighted by Gasteiger charge is 2.16. The second-order valence-electron chi connectivity index (χ2n) is 3.29. The molecule has 0 radical (unpaired) electrons. The summed E-state index contributed by atoms with van der Waals surface area (Å²) in [7, 11) is 0. The van der Waals surface area contributed by atoms with E-state index in [1.807, 2.05) is 6.92 Å². The van der Waals surface area contributed by atoms with Crippen molar-refractivity contribution in [2.45, 2.75) is 25.9 Å². The molecule has 0 saturated carbocycles. The Kier molecular flexibility index (Phi) is 4.39. The number of carboxylic acid groups (broad SMARTS) is 1. The summed E-state index contributed by atoms with van der Waals surface area (Å²) >= 11 is 1.47. The number of carbonyl (C=O) groups excluding carboxylic acids is 1. The van der Waals surface area contributed by atoms with Crippen molar-refractivity contribution in [1.29, 1.82) is 0 Å². The van der Waals surface area contributed by atoms with Crippen LogP contribution in [0, 0.1) is 6.92 Å². The molecule has 0 fully saturated rings. The Bertz CT molecular complexity index is 391. The summed E-state index contributed by atoms with van der Waals surface area (Å²) in [5.41, 5.74) is 5.38. The molecule has 1 aromatic rings. The van der Waals surface area contributed by atoms with Gasteiger partial charge < -0.3 is 16.2 Å². The van der Waals surface area contributed by atoms with Crippen LogP contribution in [0.2, 0.25) is 0 Å². The first-order valence-electron chi connectivity index (χ1n) is 4.65. The number of rotatable bonds is 5. The van der Waals surface area contributed by atoms with Crippen molar-refractivity contribution in [1.82, 2.24) is 10.3 Å². The molecule has 0 saturated heterocycles. The van der Waals surface area contributed by atoms with E-state index in [0.717, 1.165) is 9.88 Å². The van der Waals surface area contributed by atoms with Crippen molar-refractivity contribution >= 4 is 23.2 Å². The third-order valence-corrected chi connectivity index (χ3v) is 2.73. The van der Waals surface area contributed by atoms with Crippen molar-refractivity contribution in [3.05, 3.63) is 16.1 Å². The molecule has 88 valence electrons. The highest BCUT2D eigenvalue weighted by Crippen LogP contribution is 2.10. The minimum absolute atomic E-state index is 0.282. The van der Waals surface area contributed by atoms with Crippen molar-refractivity contribution in [3.8, 4) is 0 Å². The number of hydrogen-bond donors (Lipinski definition) is 3. The second-order valence-corrected chi connectivity index (χ2v) is 4.61. The Hall–Kier alpha value is -1.47. The average molecular weight is 243 g/mol. The number of nitrogens with two attached hydrogens (primary N) is 1. The molecule has 1 unspecified atom stereocenters. The molecule has 1 amide bonds. The minimum Gasteiger partial charge on any atom is -0.481 e. The Morgan fingerprint density at radius 2 is 2.38 bits per heavy atom. The van der Waals surface area contributed by atoms with Crippen LogP contribution in [0.15, 0.2) is 6.20 Å². The molecule has 0 aliphatic rings. The lowest BCUT2D eigenvalue weighted by Crippen LogP contribution is -2.41. The van der Waals surface area contributed by atoms with E-state index < -0.39 is 17.9 Å². The van der Waals surface area contributed by atoms with Gasteiger partial charge >= 0.3 is 5.97 Å². The molecule has 1 atom stereocenters. The van der Waals surface area contributed by atoms with Crippen LogP contribution in [-0.2, 0) is 16.1 Å². The molecule has 0 bridgehead atoms. The van der Waals surface area contributed by atoms with Gasteiger partial charge in [-0.3, -0.25) is 9.59 Å². The van der Waals surface area contributed by atoms with Crippen LogP contribution < -0.4 is 11.1 Å². The first kappa shape index (κ1) is 12.6. The van der Waals surface area contributed by atoms with Crippen molar-refractivity contribution in [2.75, 3.05) is 0 Å². The molecule has 1 rings (SSSR count). The van der Waals surface area contributed by atoms with Crippen LogP contribution >= 0.6 is 11.3 Å². The summed E-state index contributed by atoms with van der Waals surface area (Å²) in [6.07, 6.45) is 1.34. The maximum Gasteiger partial charge on any atom is 0.305 e. The van der Waals surface area contributed by atoms with Gasteiger partial charge in [-0.15, -0.1) is 11.3 Å². The fraction of sp³-hybridized carbons (Fsp3) is 0.444. The fourth-order valence-electron chi connectivity index (χ4n) is 1.06. The van der Waals surface area contributed by atoms with Crippen LogP contribution in [-0.4, -0.2) is 28.0 Å². The van der Waals surface area contributed by atoms with Crippen molar-refractivity contribution in [3.63, 3.8) is 0 Å². The lowest BCUT2D eigenvalue weighted by atomic mass is 10.2. The molecule has 0 aliphatic heterocycles. The predicted molar refractivity (Wildman–Crippen MR) is 58.9 cm³/mol. The lowest BCUT2D eigenvalue weighted by Gasteiger charge is -2.08. The lowest BCUT2D eigenvalue weighted by molar-refractivity contribution is -0.139. The molecule has 4 N–H and O–H groups in total. The topological polar surface area (TPSA) is 105 Å². The van der Waals surface area contributed by atoms with Gasteiger partial charge in [0.2, 0.25) is 5.91 Å². The van der Waals surface area contributed by atoms with Gasteiger partial charge in [0.15, 0.2) is 0 Å². The molecule has 7 heteroatoms. The van der Waals surface area contributed by atoms with Gasteiger partial charge in [-0.1, -0.05) is 0 Å². The van der Waals surface area contributed by atoms with Gasteiger partial charge in [-0.05, 0) is 6.92 Å². The third-order valence-electron chi connectivity index (χ3n) is 1.81. The van der Waals surface area contributed by atoms with E-state index in [-0.39, 0.29) is 13.0 Å². The smallest absolute Gasteiger partial charge is 0.305 e. The summed E-state index contributed by atoms with van der Waals surface area (Å²) in [6, 6.07) is -1.02. The number of carbonyl (C=O) groups is 2. The standard InChI is InChI=1S/C9H13N3O3S/c1-5-3-11-7(16-5)4-12-9(15)6(10)2-8(13)14/h3,6H,2,4,10H2,1H3,(H,12,15)(H,13,14). The zero-order valence-corrected chi connectivity index (χ0v) is 9.58. The highest BCUT2D eigenvalue weighted by atomic mass is 32.1. The van der Waals surface area contributed by atoms with E-state index >= 15 is 0 Å². The Morgan fingerprint density at radius 1 is 1.69 bits per heavy atom. The number of carboxylic acids is 1. The van der Waals surface area contributed by atoms with Crippen LogP contribution in [0.4, 0.5) is 0 Å². The minimum atomic E-state index is -1.09. The molecule has 0 aliphatic carbocycles. The number of amides is 1. The number of thiazole rings is 1. The third kappa shape index (κ3) is 3.95. The first-order valence-corrected chi connectivity index (χ1v) is 5.47. The maximum atomic E-state index is 11.3. The number of aliphatic carboxylic acids is 1. The summed E-state index contributed by atoms with van der Waals surface area (Å²) in [5.74, 6) is -1.57. The Labute approximate surface area is 96.5 Å². The van der Waals surface area contributed by atoms with E-state index in [1.54, 1.807) is 6.20 Å². The van der Waals surface area contributed by atoms with Crippen molar-refractivity contribution < 1.29 is 14.7 Å². The van der Waals surface area contributed by atoms with Gasteiger partial charge in [-0.2, -0.15) is 0 Å². The molecular formula is C9H13N3O3S. The molecule has 1 heterocycles. The van der Waals surface area contributed by atoms with Crippen LogP contribution in [0.5, 0.6) is 0 Å². The maximum absolute atomic E-state index is 11.3. The normalized spacial score (nSPS) is 12.1. The molecule has 1 aromatic heterocycles. The average Bonchev–Trinajstić information content (AvgIpc) is 2.59. The molecule has 6 nitrogen and oxygen atoms in total. The van der Waals surface area contributed by atoms with Gasteiger partial charge in [0.05, 0.1) is 19.0 Å². The van der Waals surface area contributed by atoms with E-state index in [1.165, 1.54) is 11.3 Å². The zero-order valence-electron chi connectivity index (χ0n) is 8.77. The molecular weight excluding hydrogens is 230 g/mol. The van der Waals surface area contributed by atoms with Gasteiger partial charge in [0.1, 0.15) is 5.01 Å². The molecule has 0 spiro atoms. The quantitative estimate of drug-likeness (QED) is 0.668. The van der Waals surface area contributed by atoms with E-state index in [0.29, 0.717) is 0 Å². The fourth-order valence-corrected chi connectivity index (χ4v) is 1.78. The number of aryl methyl sites for hydroxylation is 1. The van der Waals surface area contributed by atoms with E-state index in [4.69, 9.17) is 10.8 Å². The van der Waals surface area contributed by atoms with Crippen LogP contribution in [0.1, 0.15) is 16.3 Å². The Balaban J connectivity index is 2.37. The highest BCUT2D eigenvalue weighted by molar-refractivity contribution is 7.11. The van der Waals surface area contributed by atoms with Crippen LogP contribution in [0.3, 0.4) is 0 Å². The predicted octanol–water partition coefficient (Wildman–Crippen LogP) is -0.130. The number of nitrogens with one attached hydrogen (secondary N) is 1. The molecule has 16 heavy (non-hydrogen) atoms. The summed E-state index contributed by atoms with van der Waals surface area (Å²) in [5, 5.41) is 11.8. The molecule has 0 aromatic carbocycles. The second kappa shape index (κ2) is 5.57. The monoisotopic (exact) mass is 243 g/mol. The summed E-state index contributed by atoms with van der Waals surface area (Å²) in [6.45, 7) is 2.20. The Morgan fingerprint density at radius 3 is 2.88 bits per heavy atom. The zero-order chi connectivity index (χ0) is 12.1. The summed E-state index contributed by atoms with van der Waals surface area (Å²) < 4.78 is 0. The largest absolute Gasteiger partial charge is 0.481 e. The van der Waals surface area contributed by atoms with Crippen LogP contribution in [0.25, 0.3) is 0 Å². The van der Waals surface area contributed by atoms with Gasteiger partial charge in [-0.25, -0.2) is 4.98 Å².